The molecule has 1 heterocycles. The zero-order chi connectivity index (χ0) is 13.6. The molecule has 6 heteroatoms. The van der Waals surface area contributed by atoms with Crippen LogP contribution in [0.3, 0.4) is 0 Å². The molecule has 1 aromatic heterocycles. The quantitative estimate of drug-likeness (QED) is 0.784. The highest BCUT2D eigenvalue weighted by molar-refractivity contribution is 7.90. The van der Waals surface area contributed by atoms with E-state index in [-0.39, 0.29) is 4.90 Å². The highest BCUT2D eigenvalue weighted by Gasteiger charge is 2.14. The molecule has 1 N–H and O–H groups in total. The number of rotatable bonds is 7. The van der Waals surface area contributed by atoms with Crippen molar-refractivity contribution in [1.29, 1.82) is 0 Å². The minimum Gasteiger partial charge on any atom is -0.369 e. The summed E-state index contributed by atoms with van der Waals surface area (Å²) >= 11 is 5.72. The van der Waals surface area contributed by atoms with Gasteiger partial charge in [0.05, 0.1) is 0 Å². The van der Waals surface area contributed by atoms with E-state index in [0.717, 1.165) is 12.8 Å². The molecule has 1 rings (SSSR count). The van der Waals surface area contributed by atoms with Crippen molar-refractivity contribution in [3.05, 3.63) is 18.3 Å². The Morgan fingerprint density at radius 1 is 1.50 bits per heavy atom. The lowest BCUT2D eigenvalue weighted by Crippen LogP contribution is -2.16. The number of hydrogen-bond acceptors (Lipinski definition) is 4. The van der Waals surface area contributed by atoms with Crippen LogP contribution in [0, 0.1) is 5.92 Å². The standard InChI is InChI=1S/C12H19ClN2O2S/c1-3-10(6-7-13)9-15-12-11(18(2,16)17)5-4-8-14-12/h4-5,8,10H,3,6-7,9H2,1-2H3,(H,14,15). The monoisotopic (exact) mass is 290 g/mol. The lowest BCUT2D eigenvalue weighted by atomic mass is 10.0. The SMILES string of the molecule is CCC(CCCl)CNc1ncccc1S(C)(=O)=O. The minimum atomic E-state index is -3.25. The van der Waals surface area contributed by atoms with Crippen molar-refractivity contribution >= 4 is 27.3 Å². The van der Waals surface area contributed by atoms with Crippen LogP contribution in [0.4, 0.5) is 5.82 Å². The first-order valence-electron chi connectivity index (χ1n) is 5.94. The number of pyridine rings is 1. The van der Waals surface area contributed by atoms with Crippen molar-refractivity contribution in [3.63, 3.8) is 0 Å². The maximum absolute atomic E-state index is 11.6. The predicted molar refractivity (Wildman–Crippen MR) is 75.0 cm³/mol. The predicted octanol–water partition coefficient (Wildman–Crippen LogP) is 2.55. The molecule has 102 valence electrons. The summed E-state index contributed by atoms with van der Waals surface area (Å²) in [4.78, 5) is 4.33. The average molecular weight is 291 g/mol. The van der Waals surface area contributed by atoms with Gasteiger partial charge in [-0.2, -0.15) is 0 Å². The number of nitrogens with one attached hydrogen (secondary N) is 1. The normalized spacial score (nSPS) is 13.3. The second-order valence-corrected chi connectivity index (χ2v) is 6.62. The summed E-state index contributed by atoms with van der Waals surface area (Å²) in [6, 6.07) is 3.19. The summed E-state index contributed by atoms with van der Waals surface area (Å²) in [5, 5.41) is 3.11. The summed E-state index contributed by atoms with van der Waals surface area (Å²) in [5.41, 5.74) is 0. The summed E-state index contributed by atoms with van der Waals surface area (Å²) in [6.45, 7) is 2.78. The lowest BCUT2D eigenvalue weighted by Gasteiger charge is -2.16. The number of anilines is 1. The molecule has 0 bridgehead atoms. The van der Waals surface area contributed by atoms with E-state index < -0.39 is 9.84 Å². The third kappa shape index (κ3) is 4.46. The average Bonchev–Trinajstić information content (AvgIpc) is 2.33. The fraction of sp³-hybridized carbons (Fsp3) is 0.583. The minimum absolute atomic E-state index is 0.241. The van der Waals surface area contributed by atoms with E-state index in [2.05, 4.69) is 17.2 Å². The number of sulfone groups is 1. The Labute approximate surface area is 114 Å². The van der Waals surface area contributed by atoms with Crippen molar-refractivity contribution in [2.75, 3.05) is 24.0 Å². The van der Waals surface area contributed by atoms with E-state index in [1.165, 1.54) is 6.26 Å². The Morgan fingerprint density at radius 3 is 2.78 bits per heavy atom. The van der Waals surface area contributed by atoms with Gasteiger partial charge >= 0.3 is 0 Å². The zero-order valence-corrected chi connectivity index (χ0v) is 12.3. The van der Waals surface area contributed by atoms with Crippen LogP contribution in [0.15, 0.2) is 23.2 Å². The van der Waals surface area contributed by atoms with Crippen LogP contribution in [-0.2, 0) is 9.84 Å². The highest BCUT2D eigenvalue weighted by Crippen LogP contribution is 2.19. The zero-order valence-electron chi connectivity index (χ0n) is 10.7. The lowest BCUT2D eigenvalue weighted by molar-refractivity contribution is 0.520. The molecule has 1 atom stereocenters. The van der Waals surface area contributed by atoms with Gasteiger partial charge in [-0.1, -0.05) is 13.3 Å². The molecule has 0 amide bonds. The Morgan fingerprint density at radius 2 is 2.22 bits per heavy atom. The number of hydrogen-bond donors (Lipinski definition) is 1. The first-order chi connectivity index (χ1) is 8.49. The molecule has 0 aliphatic carbocycles. The maximum atomic E-state index is 11.6. The van der Waals surface area contributed by atoms with E-state index >= 15 is 0 Å². The smallest absolute Gasteiger partial charge is 0.179 e. The Kier molecular flexibility index (Phi) is 5.88. The van der Waals surface area contributed by atoms with Gasteiger partial charge in [0.2, 0.25) is 0 Å². The van der Waals surface area contributed by atoms with E-state index in [4.69, 9.17) is 11.6 Å². The molecule has 0 aliphatic rings. The van der Waals surface area contributed by atoms with Crippen LogP contribution in [0.2, 0.25) is 0 Å². The number of aromatic nitrogens is 1. The topological polar surface area (TPSA) is 59.1 Å². The van der Waals surface area contributed by atoms with Crippen molar-refractivity contribution in [3.8, 4) is 0 Å². The van der Waals surface area contributed by atoms with Crippen molar-refractivity contribution in [1.82, 2.24) is 4.98 Å². The van der Waals surface area contributed by atoms with Crippen LogP contribution in [0.25, 0.3) is 0 Å². The second kappa shape index (κ2) is 6.95. The van der Waals surface area contributed by atoms with Crippen molar-refractivity contribution in [2.24, 2.45) is 5.92 Å². The van der Waals surface area contributed by atoms with Gasteiger partial charge in [-0.25, -0.2) is 13.4 Å². The third-order valence-electron chi connectivity index (χ3n) is 2.82. The summed E-state index contributed by atoms with van der Waals surface area (Å²) < 4.78 is 23.2. The van der Waals surface area contributed by atoms with Gasteiger partial charge in [0.1, 0.15) is 10.7 Å². The Balaban J connectivity index is 2.79. The van der Waals surface area contributed by atoms with E-state index in [0.29, 0.717) is 24.2 Å². The second-order valence-electron chi connectivity index (χ2n) is 4.26. The Bertz CT molecular complexity index is 477. The molecule has 1 unspecified atom stereocenters. The highest BCUT2D eigenvalue weighted by atomic mass is 35.5. The molecule has 0 aliphatic heterocycles. The van der Waals surface area contributed by atoms with Crippen LogP contribution in [0.5, 0.6) is 0 Å². The number of nitrogens with zero attached hydrogens (tertiary/aromatic N) is 1. The van der Waals surface area contributed by atoms with E-state index in [1.807, 2.05) is 0 Å². The summed E-state index contributed by atoms with van der Waals surface area (Å²) in [6.07, 6.45) is 4.68. The molecule has 0 fully saturated rings. The maximum Gasteiger partial charge on any atom is 0.179 e. The fourth-order valence-electron chi connectivity index (χ4n) is 1.67. The summed E-state index contributed by atoms with van der Waals surface area (Å²) in [5.74, 6) is 1.46. The molecule has 0 radical (unpaired) electrons. The van der Waals surface area contributed by atoms with Crippen LogP contribution < -0.4 is 5.32 Å². The number of alkyl halides is 1. The molecule has 0 aromatic carbocycles. The first kappa shape index (κ1) is 15.2. The fourth-order valence-corrected chi connectivity index (χ4v) is 2.78. The van der Waals surface area contributed by atoms with Gasteiger partial charge in [0.25, 0.3) is 0 Å². The Hall–Kier alpha value is -0.810. The van der Waals surface area contributed by atoms with Gasteiger partial charge in [0.15, 0.2) is 9.84 Å². The third-order valence-corrected chi connectivity index (χ3v) is 4.17. The van der Waals surface area contributed by atoms with E-state index in [1.54, 1.807) is 18.3 Å². The molecule has 0 saturated heterocycles. The molecular weight excluding hydrogens is 272 g/mol. The van der Waals surface area contributed by atoms with Crippen LogP contribution >= 0.6 is 11.6 Å². The van der Waals surface area contributed by atoms with Gasteiger partial charge in [0, 0.05) is 24.9 Å². The van der Waals surface area contributed by atoms with Gasteiger partial charge in [-0.05, 0) is 24.5 Å². The molecule has 4 nitrogen and oxygen atoms in total. The molecular formula is C12H19ClN2O2S. The largest absolute Gasteiger partial charge is 0.369 e. The first-order valence-corrected chi connectivity index (χ1v) is 8.36. The van der Waals surface area contributed by atoms with Gasteiger partial charge in [-0.3, -0.25) is 0 Å². The van der Waals surface area contributed by atoms with Crippen molar-refractivity contribution in [2.45, 2.75) is 24.7 Å². The van der Waals surface area contributed by atoms with E-state index in [9.17, 15) is 8.42 Å². The molecule has 0 saturated carbocycles. The van der Waals surface area contributed by atoms with Crippen molar-refractivity contribution < 1.29 is 8.42 Å². The summed E-state index contributed by atoms with van der Waals surface area (Å²) in [7, 11) is -3.25. The number of halogens is 1. The molecule has 1 aromatic rings. The van der Waals surface area contributed by atoms with Crippen LogP contribution in [-0.4, -0.2) is 32.1 Å². The molecule has 18 heavy (non-hydrogen) atoms. The van der Waals surface area contributed by atoms with Gasteiger partial charge in [-0.15, -0.1) is 11.6 Å². The van der Waals surface area contributed by atoms with Gasteiger partial charge < -0.3 is 5.32 Å². The molecule has 0 spiro atoms. The van der Waals surface area contributed by atoms with Crippen LogP contribution in [0.1, 0.15) is 19.8 Å².